The third-order valence-corrected chi connectivity index (χ3v) is 3.98. The summed E-state index contributed by atoms with van der Waals surface area (Å²) in [5, 5.41) is 5.12. The normalized spacial score (nSPS) is 12.7. The number of carbonyl (C=O) groups is 3. The van der Waals surface area contributed by atoms with Gasteiger partial charge in [0.2, 0.25) is 5.91 Å². The summed E-state index contributed by atoms with van der Waals surface area (Å²) in [6, 6.07) is 12.1. The van der Waals surface area contributed by atoms with E-state index in [4.69, 9.17) is 12.2 Å². The van der Waals surface area contributed by atoms with Gasteiger partial charge in [0, 0.05) is 18.7 Å². The number of benzene rings is 2. The molecule has 2 N–H and O–H groups in total. The van der Waals surface area contributed by atoms with Crippen LogP contribution < -0.4 is 10.6 Å². The summed E-state index contributed by atoms with van der Waals surface area (Å²) in [7, 11) is 0. The number of hydrogen-bond acceptors (Lipinski definition) is 4. The average Bonchev–Trinajstić information content (AvgIpc) is 2.84. The molecule has 3 amide bonds. The Hall–Kier alpha value is -3.13. The van der Waals surface area contributed by atoms with Crippen LogP contribution in [-0.2, 0) is 4.79 Å². The number of halogens is 1. The first kappa shape index (κ1) is 17.7. The van der Waals surface area contributed by atoms with Crippen LogP contribution in [0.4, 0.5) is 10.1 Å². The first-order chi connectivity index (χ1) is 12.5. The molecule has 0 bridgehead atoms. The van der Waals surface area contributed by atoms with E-state index in [2.05, 4.69) is 10.6 Å². The summed E-state index contributed by atoms with van der Waals surface area (Å²) in [5.41, 5.74) is 1.07. The first-order valence-electron chi connectivity index (χ1n) is 7.77. The van der Waals surface area contributed by atoms with Crippen molar-refractivity contribution in [1.29, 1.82) is 0 Å². The van der Waals surface area contributed by atoms with Crippen molar-refractivity contribution in [1.82, 2.24) is 10.2 Å². The number of amides is 3. The van der Waals surface area contributed by atoms with Crippen LogP contribution in [0.5, 0.6) is 0 Å². The van der Waals surface area contributed by atoms with Crippen molar-refractivity contribution in [3.63, 3.8) is 0 Å². The van der Waals surface area contributed by atoms with Crippen LogP contribution in [0.15, 0.2) is 48.5 Å². The summed E-state index contributed by atoms with van der Waals surface area (Å²) in [4.78, 5) is 37.5. The van der Waals surface area contributed by atoms with Gasteiger partial charge in [0.25, 0.3) is 11.8 Å². The van der Waals surface area contributed by atoms with Crippen LogP contribution in [0.2, 0.25) is 0 Å². The molecule has 0 atom stereocenters. The van der Waals surface area contributed by atoms with Crippen LogP contribution in [0.25, 0.3) is 0 Å². The van der Waals surface area contributed by atoms with E-state index >= 15 is 0 Å². The highest BCUT2D eigenvalue weighted by Crippen LogP contribution is 2.22. The van der Waals surface area contributed by atoms with E-state index in [0.717, 1.165) is 4.90 Å². The fourth-order valence-electron chi connectivity index (χ4n) is 2.57. The largest absolute Gasteiger partial charge is 0.332 e. The molecule has 0 radical (unpaired) electrons. The van der Waals surface area contributed by atoms with Gasteiger partial charge in [-0.2, -0.15) is 0 Å². The zero-order valence-electron chi connectivity index (χ0n) is 13.5. The lowest BCUT2D eigenvalue weighted by molar-refractivity contribution is -0.119. The zero-order chi connectivity index (χ0) is 18.7. The van der Waals surface area contributed by atoms with Gasteiger partial charge < -0.3 is 10.6 Å². The van der Waals surface area contributed by atoms with Gasteiger partial charge >= 0.3 is 0 Å². The minimum Gasteiger partial charge on any atom is -0.332 e. The highest BCUT2D eigenvalue weighted by atomic mass is 32.1. The molecule has 1 aliphatic heterocycles. The summed E-state index contributed by atoms with van der Waals surface area (Å²) >= 11 is 4.99. The van der Waals surface area contributed by atoms with Crippen molar-refractivity contribution in [2.45, 2.75) is 6.42 Å². The molecule has 0 saturated heterocycles. The zero-order valence-corrected chi connectivity index (χ0v) is 14.3. The Labute approximate surface area is 154 Å². The smallest absolute Gasteiger partial charge is 0.261 e. The number of rotatable bonds is 4. The first-order valence-corrected chi connectivity index (χ1v) is 8.18. The van der Waals surface area contributed by atoms with Crippen molar-refractivity contribution in [3.8, 4) is 0 Å². The second kappa shape index (κ2) is 7.40. The Morgan fingerprint density at radius 3 is 2.31 bits per heavy atom. The van der Waals surface area contributed by atoms with Crippen molar-refractivity contribution in [2.24, 2.45) is 0 Å². The number of anilines is 1. The average molecular weight is 371 g/mol. The van der Waals surface area contributed by atoms with Gasteiger partial charge in [-0.1, -0.05) is 18.2 Å². The number of hydrogen-bond donors (Lipinski definition) is 2. The van der Waals surface area contributed by atoms with Crippen LogP contribution in [0.3, 0.4) is 0 Å². The molecule has 0 saturated carbocycles. The maximum Gasteiger partial charge on any atom is 0.261 e. The number of imide groups is 1. The molecule has 0 unspecified atom stereocenters. The molecule has 0 aliphatic carbocycles. The third kappa shape index (κ3) is 3.75. The van der Waals surface area contributed by atoms with Gasteiger partial charge in [-0.15, -0.1) is 0 Å². The molecule has 26 heavy (non-hydrogen) atoms. The highest BCUT2D eigenvalue weighted by molar-refractivity contribution is 7.80. The molecule has 2 aromatic rings. The second-order valence-electron chi connectivity index (χ2n) is 5.57. The van der Waals surface area contributed by atoms with Crippen molar-refractivity contribution in [3.05, 3.63) is 65.5 Å². The SMILES string of the molecule is O=C(CCN1C(=O)c2ccccc2C1=O)NC(=S)Nc1cccc(F)c1. The van der Waals surface area contributed by atoms with E-state index in [1.807, 2.05) is 0 Å². The monoisotopic (exact) mass is 371 g/mol. The van der Waals surface area contributed by atoms with Crippen molar-refractivity contribution in [2.75, 3.05) is 11.9 Å². The van der Waals surface area contributed by atoms with Gasteiger partial charge in [0.1, 0.15) is 5.82 Å². The Morgan fingerprint density at radius 1 is 1.04 bits per heavy atom. The molecular formula is C18H14FN3O3S. The van der Waals surface area contributed by atoms with Crippen molar-refractivity contribution >= 4 is 40.7 Å². The minimum atomic E-state index is -0.463. The molecular weight excluding hydrogens is 357 g/mol. The lowest BCUT2D eigenvalue weighted by Gasteiger charge is -2.14. The summed E-state index contributed by atoms with van der Waals surface area (Å²) in [6.45, 7) is -0.0548. The molecule has 132 valence electrons. The lowest BCUT2D eigenvalue weighted by atomic mass is 10.1. The maximum atomic E-state index is 13.1. The number of nitrogens with zero attached hydrogens (tertiary/aromatic N) is 1. The molecule has 8 heteroatoms. The summed E-state index contributed by atoms with van der Waals surface area (Å²) < 4.78 is 13.1. The number of fused-ring (bicyclic) bond motifs is 1. The van der Waals surface area contributed by atoms with Gasteiger partial charge in [0.15, 0.2) is 5.11 Å². The molecule has 6 nitrogen and oxygen atoms in total. The molecule has 0 aromatic heterocycles. The number of carbonyl (C=O) groups excluding carboxylic acids is 3. The van der Waals surface area contributed by atoms with E-state index in [-0.39, 0.29) is 18.1 Å². The molecule has 0 fully saturated rings. The quantitative estimate of drug-likeness (QED) is 0.637. The van der Waals surface area contributed by atoms with Crippen LogP contribution in [-0.4, -0.2) is 34.3 Å². The molecule has 1 heterocycles. The van der Waals surface area contributed by atoms with E-state index in [1.54, 1.807) is 30.3 Å². The van der Waals surface area contributed by atoms with Crippen LogP contribution in [0.1, 0.15) is 27.1 Å². The predicted octanol–water partition coefficient (Wildman–Crippen LogP) is 2.33. The molecule has 3 rings (SSSR count). The highest BCUT2D eigenvalue weighted by Gasteiger charge is 2.34. The maximum absolute atomic E-state index is 13.1. The standard InChI is InChI=1S/C18H14FN3O3S/c19-11-4-3-5-12(10-11)20-18(26)21-15(23)8-9-22-16(24)13-6-1-2-7-14(13)17(22)25/h1-7,10H,8-9H2,(H2,20,21,23,26). The number of thiocarbonyl (C=S) groups is 1. The molecule has 1 aliphatic rings. The second-order valence-corrected chi connectivity index (χ2v) is 5.98. The van der Waals surface area contributed by atoms with Crippen molar-refractivity contribution < 1.29 is 18.8 Å². The fraction of sp³-hybridized carbons (Fsp3) is 0.111. The topological polar surface area (TPSA) is 78.5 Å². The van der Waals surface area contributed by atoms with Gasteiger partial charge in [-0.3, -0.25) is 19.3 Å². The molecule has 0 spiro atoms. The summed E-state index contributed by atoms with van der Waals surface area (Å²) in [6.07, 6.45) is -0.101. The minimum absolute atomic E-state index is 0.00274. The van der Waals surface area contributed by atoms with E-state index in [1.165, 1.54) is 18.2 Å². The Bertz CT molecular complexity index is 881. The molecule has 2 aromatic carbocycles. The van der Waals surface area contributed by atoms with Gasteiger partial charge in [0.05, 0.1) is 11.1 Å². The third-order valence-electron chi connectivity index (χ3n) is 3.78. The van der Waals surface area contributed by atoms with E-state index in [9.17, 15) is 18.8 Å². The Kier molecular flexibility index (Phi) is 5.04. The number of nitrogens with one attached hydrogen (secondary N) is 2. The van der Waals surface area contributed by atoms with E-state index < -0.39 is 23.5 Å². The summed E-state index contributed by atoms with van der Waals surface area (Å²) in [5.74, 6) is -1.73. The Morgan fingerprint density at radius 2 is 1.69 bits per heavy atom. The van der Waals surface area contributed by atoms with E-state index in [0.29, 0.717) is 16.8 Å². The predicted molar refractivity (Wildman–Crippen MR) is 97.2 cm³/mol. The van der Waals surface area contributed by atoms with Gasteiger partial charge in [-0.25, -0.2) is 4.39 Å². The fourth-order valence-corrected chi connectivity index (χ4v) is 2.80. The lowest BCUT2D eigenvalue weighted by Crippen LogP contribution is -2.38. The van der Waals surface area contributed by atoms with Crippen LogP contribution in [0, 0.1) is 5.82 Å². The Balaban J connectivity index is 1.52. The van der Waals surface area contributed by atoms with Gasteiger partial charge in [-0.05, 0) is 42.5 Å². The van der Waals surface area contributed by atoms with Crippen LogP contribution >= 0.6 is 12.2 Å².